The average molecular weight is 280 g/mol. The van der Waals surface area contributed by atoms with Crippen LogP contribution in [0, 0.1) is 18.8 Å². The van der Waals surface area contributed by atoms with Crippen molar-refractivity contribution in [3.05, 3.63) is 21.4 Å². The van der Waals surface area contributed by atoms with E-state index < -0.39 is 0 Å². The highest BCUT2D eigenvalue weighted by Crippen LogP contribution is 2.28. The van der Waals surface area contributed by atoms with Crippen LogP contribution in [0.3, 0.4) is 0 Å². The molecule has 0 saturated carbocycles. The molecule has 0 bridgehead atoms. The molecule has 2 nitrogen and oxygen atoms in total. The fraction of sp³-hybridized carbons (Fsp3) is 0.750. The second-order valence-corrected chi connectivity index (χ2v) is 7.44. The lowest BCUT2D eigenvalue weighted by Gasteiger charge is -2.17. The molecule has 1 aliphatic rings. The van der Waals surface area contributed by atoms with Crippen molar-refractivity contribution in [3.63, 3.8) is 0 Å². The molecule has 1 aliphatic heterocycles. The number of likely N-dealkylation sites (tertiary alicyclic amines) is 1. The van der Waals surface area contributed by atoms with Gasteiger partial charge in [-0.1, -0.05) is 20.8 Å². The molecule has 0 aliphatic carbocycles. The minimum atomic E-state index is 0.831. The molecule has 1 N–H and O–H groups in total. The summed E-state index contributed by atoms with van der Waals surface area (Å²) in [7, 11) is 0. The van der Waals surface area contributed by atoms with Gasteiger partial charge in [-0.15, -0.1) is 11.3 Å². The lowest BCUT2D eigenvalue weighted by molar-refractivity contribution is 0.296. The number of hydrogen-bond donors (Lipinski definition) is 1. The van der Waals surface area contributed by atoms with Crippen LogP contribution in [0.5, 0.6) is 0 Å². The summed E-state index contributed by atoms with van der Waals surface area (Å²) in [5, 5.41) is 3.42. The Hall–Kier alpha value is -0.380. The SMILES string of the molecule is CCNCc1cc(CN2CCC(C(C)C)C2)c(C)s1. The fourth-order valence-corrected chi connectivity index (χ4v) is 3.89. The van der Waals surface area contributed by atoms with E-state index in [0.29, 0.717) is 0 Å². The summed E-state index contributed by atoms with van der Waals surface area (Å²) < 4.78 is 0. The summed E-state index contributed by atoms with van der Waals surface area (Å²) in [6.07, 6.45) is 1.38. The highest BCUT2D eigenvalue weighted by Gasteiger charge is 2.25. The zero-order chi connectivity index (χ0) is 13.8. The summed E-state index contributed by atoms with van der Waals surface area (Å²) >= 11 is 1.96. The largest absolute Gasteiger partial charge is 0.312 e. The van der Waals surface area contributed by atoms with Crippen LogP contribution < -0.4 is 5.32 Å². The molecule has 2 rings (SSSR count). The molecule has 1 aromatic heterocycles. The molecule has 0 radical (unpaired) electrons. The van der Waals surface area contributed by atoms with Crippen LogP contribution in [0.4, 0.5) is 0 Å². The molecule has 19 heavy (non-hydrogen) atoms. The van der Waals surface area contributed by atoms with E-state index in [4.69, 9.17) is 0 Å². The number of nitrogens with one attached hydrogen (secondary N) is 1. The van der Waals surface area contributed by atoms with Crippen molar-refractivity contribution in [3.8, 4) is 0 Å². The molecule has 108 valence electrons. The van der Waals surface area contributed by atoms with Crippen LogP contribution in [0.2, 0.25) is 0 Å². The van der Waals surface area contributed by atoms with Gasteiger partial charge in [0.15, 0.2) is 0 Å². The zero-order valence-electron chi connectivity index (χ0n) is 12.8. The van der Waals surface area contributed by atoms with Gasteiger partial charge in [0, 0.05) is 29.4 Å². The normalized spacial score (nSPS) is 20.6. The summed E-state index contributed by atoms with van der Waals surface area (Å²) in [4.78, 5) is 5.62. The molecule has 1 saturated heterocycles. The van der Waals surface area contributed by atoms with Crippen LogP contribution in [0.15, 0.2) is 6.07 Å². The van der Waals surface area contributed by atoms with Crippen LogP contribution in [-0.2, 0) is 13.1 Å². The van der Waals surface area contributed by atoms with Crippen LogP contribution in [0.1, 0.15) is 42.5 Å². The first kappa shape index (κ1) is 15.0. The molecule has 0 amide bonds. The first-order valence-corrected chi connectivity index (χ1v) is 8.43. The van der Waals surface area contributed by atoms with Gasteiger partial charge in [-0.2, -0.15) is 0 Å². The Morgan fingerprint density at radius 2 is 2.26 bits per heavy atom. The highest BCUT2D eigenvalue weighted by atomic mass is 32.1. The Morgan fingerprint density at radius 1 is 1.47 bits per heavy atom. The molecule has 1 aromatic rings. The Labute approximate surface area is 122 Å². The van der Waals surface area contributed by atoms with Gasteiger partial charge >= 0.3 is 0 Å². The summed E-state index contributed by atoms with van der Waals surface area (Å²) in [5.41, 5.74) is 1.54. The van der Waals surface area contributed by atoms with Crippen molar-refractivity contribution >= 4 is 11.3 Å². The number of hydrogen-bond acceptors (Lipinski definition) is 3. The topological polar surface area (TPSA) is 15.3 Å². The maximum Gasteiger partial charge on any atom is 0.0299 e. The third kappa shape index (κ3) is 4.04. The molecule has 1 unspecified atom stereocenters. The molecular weight excluding hydrogens is 252 g/mol. The van der Waals surface area contributed by atoms with E-state index in [1.807, 2.05) is 11.3 Å². The maximum atomic E-state index is 3.42. The van der Waals surface area contributed by atoms with Gasteiger partial charge in [0.1, 0.15) is 0 Å². The number of aryl methyl sites for hydroxylation is 1. The first-order valence-electron chi connectivity index (χ1n) is 7.61. The fourth-order valence-electron chi connectivity index (χ4n) is 2.87. The van der Waals surface area contributed by atoms with E-state index >= 15 is 0 Å². The van der Waals surface area contributed by atoms with Gasteiger partial charge in [-0.25, -0.2) is 0 Å². The van der Waals surface area contributed by atoms with Crippen molar-refractivity contribution in [2.75, 3.05) is 19.6 Å². The van der Waals surface area contributed by atoms with Crippen molar-refractivity contribution in [2.45, 2.75) is 47.2 Å². The average Bonchev–Trinajstić information content (AvgIpc) is 2.95. The van der Waals surface area contributed by atoms with Crippen molar-refractivity contribution in [1.82, 2.24) is 10.2 Å². The number of nitrogens with zero attached hydrogens (tertiary/aromatic N) is 1. The van der Waals surface area contributed by atoms with Gasteiger partial charge in [0.05, 0.1) is 0 Å². The monoisotopic (exact) mass is 280 g/mol. The molecule has 2 heterocycles. The smallest absolute Gasteiger partial charge is 0.0299 e. The second kappa shape index (κ2) is 6.87. The third-order valence-corrected chi connectivity index (χ3v) is 5.36. The third-order valence-electron chi connectivity index (χ3n) is 4.27. The van der Waals surface area contributed by atoms with E-state index in [0.717, 1.165) is 31.5 Å². The Bertz CT molecular complexity index is 397. The minimum Gasteiger partial charge on any atom is -0.312 e. The molecular formula is C16H28N2S. The predicted octanol–water partition coefficient (Wildman–Crippen LogP) is 3.64. The van der Waals surface area contributed by atoms with Crippen LogP contribution in [-0.4, -0.2) is 24.5 Å². The van der Waals surface area contributed by atoms with Gasteiger partial charge in [-0.3, -0.25) is 4.90 Å². The second-order valence-electron chi connectivity index (χ2n) is 6.10. The molecule has 1 atom stereocenters. The summed E-state index contributed by atoms with van der Waals surface area (Å²) in [6.45, 7) is 14.9. The summed E-state index contributed by atoms with van der Waals surface area (Å²) in [5.74, 6) is 1.73. The Morgan fingerprint density at radius 3 is 2.89 bits per heavy atom. The highest BCUT2D eigenvalue weighted by molar-refractivity contribution is 7.12. The minimum absolute atomic E-state index is 0.831. The van der Waals surface area contributed by atoms with Crippen molar-refractivity contribution in [1.29, 1.82) is 0 Å². The van der Waals surface area contributed by atoms with Crippen molar-refractivity contribution in [2.24, 2.45) is 11.8 Å². The molecule has 0 aromatic carbocycles. The van der Waals surface area contributed by atoms with E-state index in [2.05, 4.69) is 44.0 Å². The lowest BCUT2D eigenvalue weighted by Crippen LogP contribution is -2.21. The van der Waals surface area contributed by atoms with Crippen LogP contribution >= 0.6 is 11.3 Å². The van der Waals surface area contributed by atoms with E-state index in [-0.39, 0.29) is 0 Å². The van der Waals surface area contributed by atoms with Crippen molar-refractivity contribution < 1.29 is 0 Å². The molecule has 3 heteroatoms. The molecule has 0 spiro atoms. The van der Waals surface area contributed by atoms with E-state index in [1.165, 1.54) is 29.3 Å². The van der Waals surface area contributed by atoms with Gasteiger partial charge in [0.25, 0.3) is 0 Å². The van der Waals surface area contributed by atoms with E-state index in [9.17, 15) is 0 Å². The number of rotatable bonds is 6. The lowest BCUT2D eigenvalue weighted by atomic mass is 9.95. The number of thiophene rings is 1. The van der Waals surface area contributed by atoms with Gasteiger partial charge in [0.2, 0.25) is 0 Å². The quantitative estimate of drug-likeness (QED) is 0.856. The van der Waals surface area contributed by atoms with Crippen LogP contribution in [0.25, 0.3) is 0 Å². The van der Waals surface area contributed by atoms with Gasteiger partial charge in [-0.05, 0) is 49.9 Å². The summed E-state index contributed by atoms with van der Waals surface area (Å²) in [6, 6.07) is 2.41. The Kier molecular flexibility index (Phi) is 5.43. The van der Waals surface area contributed by atoms with Gasteiger partial charge < -0.3 is 5.32 Å². The zero-order valence-corrected chi connectivity index (χ0v) is 13.6. The maximum absolute atomic E-state index is 3.42. The Balaban J connectivity index is 1.91. The predicted molar refractivity (Wildman–Crippen MR) is 84.7 cm³/mol. The molecule has 1 fully saturated rings. The first-order chi connectivity index (χ1) is 9.10. The standard InChI is InChI=1S/C16H28N2S/c1-5-17-9-16-8-15(13(4)19-16)11-18-7-6-14(10-18)12(2)3/h8,12,14,17H,5-7,9-11H2,1-4H3. The van der Waals surface area contributed by atoms with E-state index in [1.54, 1.807) is 5.56 Å².